The Labute approximate surface area is 98.7 Å². The molecule has 0 amide bonds. The second-order valence-electron chi connectivity index (χ2n) is 4.81. The summed E-state index contributed by atoms with van der Waals surface area (Å²) in [6.07, 6.45) is 1.27. The van der Waals surface area contributed by atoms with Crippen molar-refractivity contribution in [2.45, 2.75) is 26.8 Å². The van der Waals surface area contributed by atoms with Crippen LogP contribution in [0.2, 0.25) is 0 Å². The number of nitrogens with one attached hydrogen (secondary N) is 1. The average Bonchev–Trinajstić information content (AvgIpc) is 2.51. The Hall–Kier alpha value is -0.860. The van der Waals surface area contributed by atoms with E-state index in [2.05, 4.69) is 42.3 Å². The van der Waals surface area contributed by atoms with Gasteiger partial charge in [0.1, 0.15) is 0 Å². The van der Waals surface area contributed by atoms with Crippen molar-refractivity contribution in [3.63, 3.8) is 0 Å². The largest absolute Gasteiger partial charge is 0.315 e. The number of nitrogens with zero attached hydrogens (tertiary/aromatic N) is 1. The molecule has 1 aromatic carbocycles. The van der Waals surface area contributed by atoms with Crippen LogP contribution in [0.1, 0.15) is 23.1 Å². The number of aryl methyl sites for hydroxylation is 2. The van der Waals surface area contributed by atoms with E-state index >= 15 is 0 Å². The van der Waals surface area contributed by atoms with Gasteiger partial charge in [0.15, 0.2) is 0 Å². The Kier molecular flexibility index (Phi) is 3.97. The van der Waals surface area contributed by atoms with E-state index in [0.717, 1.165) is 13.1 Å². The molecular formula is C14H22N2. The van der Waals surface area contributed by atoms with Gasteiger partial charge in [0, 0.05) is 19.6 Å². The van der Waals surface area contributed by atoms with Crippen LogP contribution in [0.25, 0.3) is 0 Å². The van der Waals surface area contributed by atoms with Crippen LogP contribution in [-0.2, 0) is 6.54 Å². The zero-order valence-corrected chi connectivity index (χ0v) is 10.4. The van der Waals surface area contributed by atoms with Gasteiger partial charge in [0.05, 0.1) is 0 Å². The third kappa shape index (κ3) is 3.06. The molecule has 2 heteroatoms. The van der Waals surface area contributed by atoms with Gasteiger partial charge in [0.25, 0.3) is 0 Å². The molecule has 1 fully saturated rings. The molecule has 0 unspecified atom stereocenters. The lowest BCUT2D eigenvalue weighted by molar-refractivity contribution is 0.284. The molecule has 16 heavy (non-hydrogen) atoms. The van der Waals surface area contributed by atoms with E-state index in [-0.39, 0.29) is 0 Å². The van der Waals surface area contributed by atoms with E-state index in [1.54, 1.807) is 0 Å². The summed E-state index contributed by atoms with van der Waals surface area (Å²) in [6, 6.07) is 6.78. The van der Waals surface area contributed by atoms with Crippen molar-refractivity contribution in [1.29, 1.82) is 0 Å². The third-order valence-electron chi connectivity index (χ3n) is 3.32. The minimum atomic E-state index is 1.10. The van der Waals surface area contributed by atoms with E-state index in [4.69, 9.17) is 0 Å². The second-order valence-corrected chi connectivity index (χ2v) is 4.81. The minimum absolute atomic E-state index is 1.10. The smallest absolute Gasteiger partial charge is 0.0236 e. The van der Waals surface area contributed by atoms with Crippen molar-refractivity contribution >= 4 is 0 Å². The molecule has 0 atom stereocenters. The molecule has 2 rings (SSSR count). The summed E-state index contributed by atoms with van der Waals surface area (Å²) in [5, 5.41) is 3.45. The lowest BCUT2D eigenvalue weighted by Gasteiger charge is -2.20. The van der Waals surface area contributed by atoms with Crippen molar-refractivity contribution in [2.75, 3.05) is 26.2 Å². The number of hydrogen-bond acceptors (Lipinski definition) is 2. The molecule has 1 aromatic rings. The molecule has 0 aliphatic carbocycles. The Morgan fingerprint density at radius 3 is 2.88 bits per heavy atom. The van der Waals surface area contributed by atoms with Gasteiger partial charge >= 0.3 is 0 Å². The summed E-state index contributed by atoms with van der Waals surface area (Å²) in [7, 11) is 0. The first-order valence-electron chi connectivity index (χ1n) is 6.25. The average molecular weight is 218 g/mol. The zero-order chi connectivity index (χ0) is 11.4. The summed E-state index contributed by atoms with van der Waals surface area (Å²) in [5.74, 6) is 0. The predicted octanol–water partition coefficient (Wildman–Crippen LogP) is 2.10. The predicted molar refractivity (Wildman–Crippen MR) is 68.7 cm³/mol. The van der Waals surface area contributed by atoms with Crippen molar-refractivity contribution in [3.05, 3.63) is 34.9 Å². The molecule has 0 bridgehead atoms. The fraction of sp³-hybridized carbons (Fsp3) is 0.571. The maximum Gasteiger partial charge on any atom is 0.0236 e. The Morgan fingerprint density at radius 1 is 1.19 bits per heavy atom. The molecule has 0 aromatic heterocycles. The minimum Gasteiger partial charge on any atom is -0.315 e. The van der Waals surface area contributed by atoms with Crippen molar-refractivity contribution < 1.29 is 0 Å². The van der Waals surface area contributed by atoms with Crippen molar-refractivity contribution in [3.8, 4) is 0 Å². The van der Waals surface area contributed by atoms with Gasteiger partial charge in [-0.3, -0.25) is 4.90 Å². The molecule has 2 nitrogen and oxygen atoms in total. The number of rotatable bonds is 2. The fourth-order valence-electron chi connectivity index (χ4n) is 2.32. The molecular weight excluding hydrogens is 196 g/mol. The van der Waals surface area contributed by atoms with Crippen molar-refractivity contribution in [2.24, 2.45) is 0 Å². The standard InChI is InChI=1S/C14H22N2/c1-12-4-5-14(13(2)10-12)11-16-8-3-6-15-7-9-16/h4-5,10,15H,3,6-9,11H2,1-2H3. The van der Waals surface area contributed by atoms with Gasteiger partial charge in [-0.1, -0.05) is 23.8 Å². The topological polar surface area (TPSA) is 15.3 Å². The number of benzene rings is 1. The van der Waals surface area contributed by atoms with E-state index in [1.807, 2.05) is 0 Å². The normalized spacial score (nSPS) is 18.4. The highest BCUT2D eigenvalue weighted by Crippen LogP contribution is 2.13. The van der Waals surface area contributed by atoms with Crippen LogP contribution in [0, 0.1) is 13.8 Å². The fourth-order valence-corrected chi connectivity index (χ4v) is 2.32. The molecule has 1 aliphatic heterocycles. The van der Waals surface area contributed by atoms with Crippen LogP contribution in [0.5, 0.6) is 0 Å². The maximum absolute atomic E-state index is 3.45. The molecule has 1 saturated heterocycles. The van der Waals surface area contributed by atoms with E-state index in [9.17, 15) is 0 Å². The van der Waals surface area contributed by atoms with Crippen LogP contribution in [0.15, 0.2) is 18.2 Å². The Morgan fingerprint density at radius 2 is 2.06 bits per heavy atom. The van der Waals surface area contributed by atoms with Crippen LogP contribution >= 0.6 is 0 Å². The summed E-state index contributed by atoms with van der Waals surface area (Å²) in [5.41, 5.74) is 4.27. The quantitative estimate of drug-likeness (QED) is 0.818. The highest BCUT2D eigenvalue weighted by molar-refractivity contribution is 5.30. The zero-order valence-electron chi connectivity index (χ0n) is 10.4. The second kappa shape index (κ2) is 5.46. The highest BCUT2D eigenvalue weighted by atomic mass is 15.1. The van der Waals surface area contributed by atoms with Crippen LogP contribution in [0.3, 0.4) is 0 Å². The van der Waals surface area contributed by atoms with Gasteiger partial charge in [-0.25, -0.2) is 0 Å². The Balaban J connectivity index is 2.01. The van der Waals surface area contributed by atoms with Gasteiger partial charge in [-0.05, 0) is 44.5 Å². The Bertz CT molecular complexity index is 339. The first kappa shape index (κ1) is 11.6. The highest BCUT2D eigenvalue weighted by Gasteiger charge is 2.09. The molecule has 0 spiro atoms. The van der Waals surface area contributed by atoms with Crippen LogP contribution in [0.4, 0.5) is 0 Å². The van der Waals surface area contributed by atoms with Gasteiger partial charge in [-0.15, -0.1) is 0 Å². The van der Waals surface area contributed by atoms with E-state index in [1.165, 1.54) is 42.7 Å². The lowest BCUT2D eigenvalue weighted by Crippen LogP contribution is -2.27. The molecule has 88 valence electrons. The molecule has 0 radical (unpaired) electrons. The van der Waals surface area contributed by atoms with Gasteiger partial charge < -0.3 is 5.32 Å². The summed E-state index contributed by atoms with van der Waals surface area (Å²) >= 11 is 0. The van der Waals surface area contributed by atoms with Crippen LogP contribution in [-0.4, -0.2) is 31.1 Å². The maximum atomic E-state index is 3.45. The van der Waals surface area contributed by atoms with Crippen LogP contribution < -0.4 is 5.32 Å². The first-order valence-corrected chi connectivity index (χ1v) is 6.25. The van der Waals surface area contributed by atoms with Gasteiger partial charge in [-0.2, -0.15) is 0 Å². The molecule has 1 heterocycles. The SMILES string of the molecule is Cc1ccc(CN2CCCNCC2)c(C)c1. The third-order valence-corrected chi connectivity index (χ3v) is 3.32. The van der Waals surface area contributed by atoms with Gasteiger partial charge in [0.2, 0.25) is 0 Å². The molecule has 0 saturated carbocycles. The lowest BCUT2D eigenvalue weighted by atomic mass is 10.1. The van der Waals surface area contributed by atoms with Crippen molar-refractivity contribution in [1.82, 2.24) is 10.2 Å². The monoisotopic (exact) mass is 218 g/mol. The summed E-state index contributed by atoms with van der Waals surface area (Å²) in [6.45, 7) is 10.2. The summed E-state index contributed by atoms with van der Waals surface area (Å²) in [4.78, 5) is 2.55. The first-order chi connectivity index (χ1) is 7.75. The molecule has 1 N–H and O–H groups in total. The number of hydrogen-bond donors (Lipinski definition) is 1. The summed E-state index contributed by atoms with van der Waals surface area (Å²) < 4.78 is 0. The van der Waals surface area contributed by atoms with E-state index in [0.29, 0.717) is 0 Å². The van der Waals surface area contributed by atoms with E-state index < -0.39 is 0 Å². The molecule has 1 aliphatic rings.